The van der Waals surface area contributed by atoms with Gasteiger partial charge in [0.05, 0.1) is 13.7 Å². The summed E-state index contributed by atoms with van der Waals surface area (Å²) < 4.78 is 26.7. The maximum atomic E-state index is 13.7. The van der Waals surface area contributed by atoms with Crippen molar-refractivity contribution < 1.29 is 28.2 Å². The van der Waals surface area contributed by atoms with E-state index in [1.165, 1.54) is 22.4 Å². The fourth-order valence-corrected chi connectivity index (χ4v) is 6.31. The maximum absolute atomic E-state index is 13.7. The molecule has 10 nitrogen and oxygen atoms in total. The van der Waals surface area contributed by atoms with Gasteiger partial charge in [0.2, 0.25) is 0 Å². The number of ether oxygens (including phenoxy) is 2. The number of rotatable bonds is 11. The Morgan fingerprint density at radius 2 is 1.60 bits per heavy atom. The molecule has 0 bridgehead atoms. The zero-order valence-electron chi connectivity index (χ0n) is 26.6. The third-order valence-electron chi connectivity index (χ3n) is 8.85. The Hall–Kier alpha value is -1.58. The van der Waals surface area contributed by atoms with Crippen LogP contribution < -0.4 is 11.2 Å². The maximum Gasteiger partial charge on any atom is 0.333 e. The number of unbranched alkanes of at least 4 members (excludes halogenated alkanes) is 1. The van der Waals surface area contributed by atoms with Gasteiger partial charge in [-0.25, -0.2) is 4.79 Å². The number of aryl methyl sites for hydroxylation is 1. The van der Waals surface area contributed by atoms with Gasteiger partial charge in [0.25, 0.3) is 5.56 Å². The first kappa shape index (κ1) is 34.6. The van der Waals surface area contributed by atoms with Crippen LogP contribution in [0.25, 0.3) is 0 Å². The number of methoxy groups -OCH3 is 1. The van der Waals surface area contributed by atoms with E-state index in [1.54, 1.807) is 6.92 Å². The lowest BCUT2D eigenvalue weighted by molar-refractivity contribution is -0.140. The van der Waals surface area contributed by atoms with Gasteiger partial charge in [-0.3, -0.25) is 18.7 Å². The highest BCUT2D eigenvalue weighted by Crippen LogP contribution is 2.42. The van der Waals surface area contributed by atoms with E-state index in [0.29, 0.717) is 18.4 Å². The first-order valence-corrected chi connectivity index (χ1v) is 20.0. The summed E-state index contributed by atoms with van der Waals surface area (Å²) in [6, 6.07) is 0. The van der Waals surface area contributed by atoms with Gasteiger partial charge in [-0.05, 0) is 56.0 Å². The summed E-state index contributed by atoms with van der Waals surface area (Å²) in [6.45, 7) is 23.2. The number of aromatic nitrogens is 2. The van der Waals surface area contributed by atoms with E-state index in [2.05, 4.69) is 72.5 Å². The number of hydrogen-bond donors (Lipinski definition) is 1. The van der Waals surface area contributed by atoms with Crippen molar-refractivity contribution in [3.05, 3.63) is 32.6 Å². The van der Waals surface area contributed by atoms with Crippen LogP contribution >= 0.6 is 0 Å². The monoisotopic (exact) mass is 600 g/mol. The topological polar surface area (TPSA) is 118 Å². The second-order valence-electron chi connectivity index (χ2n) is 14.0. The van der Waals surface area contributed by atoms with Crippen molar-refractivity contribution in [2.45, 2.75) is 135 Å². The molecule has 1 aliphatic rings. The predicted octanol–water partition coefficient (Wildman–Crippen LogP) is 4.33. The smallest absolute Gasteiger partial charge is 0.333 e. The molecular formula is C28H52N2O8Si2. The van der Waals surface area contributed by atoms with Crippen molar-refractivity contribution in [3.63, 3.8) is 0 Å². The fourth-order valence-electron chi connectivity index (χ4n) is 4.01. The lowest BCUT2D eigenvalue weighted by Gasteiger charge is -2.40. The highest BCUT2D eigenvalue weighted by Gasteiger charge is 2.51. The third kappa shape index (κ3) is 7.83. The molecule has 0 unspecified atom stereocenters. The summed E-state index contributed by atoms with van der Waals surface area (Å²) in [5.74, 6) is -0.334. The Balaban J connectivity index is 2.47. The molecular weight excluding hydrogens is 548 g/mol. The van der Waals surface area contributed by atoms with Gasteiger partial charge in [0.1, 0.15) is 18.3 Å². The second-order valence-corrected chi connectivity index (χ2v) is 23.5. The SMILES string of the molecule is COC(=O)CCCCn1c(=O)c(C)cn([C@@H]2O[C@H](CO[Si](C)(C)C(C)(C)C)[C@@H](O)[C@H]2O[Si](C)(C)C(C)(C)C)c1=O. The number of aliphatic hydroxyl groups excluding tert-OH is 1. The van der Waals surface area contributed by atoms with Gasteiger partial charge < -0.3 is 23.4 Å². The van der Waals surface area contributed by atoms with Crippen molar-refractivity contribution in [1.29, 1.82) is 0 Å². The molecule has 230 valence electrons. The van der Waals surface area contributed by atoms with E-state index in [-0.39, 0.29) is 35.6 Å². The van der Waals surface area contributed by atoms with Crippen LogP contribution in [0.2, 0.25) is 36.3 Å². The molecule has 4 atom stereocenters. The molecule has 2 rings (SSSR count). The van der Waals surface area contributed by atoms with Crippen LogP contribution in [-0.4, -0.2) is 68.9 Å². The first-order valence-electron chi connectivity index (χ1n) is 14.2. The number of nitrogens with zero attached hydrogens (tertiary/aromatic N) is 2. The number of carbonyl (C=O) groups excluding carboxylic acids is 1. The zero-order valence-corrected chi connectivity index (χ0v) is 28.6. The molecule has 0 amide bonds. The van der Waals surface area contributed by atoms with Crippen molar-refractivity contribution in [2.24, 2.45) is 0 Å². The molecule has 12 heteroatoms. The molecule has 2 heterocycles. The first-order chi connectivity index (χ1) is 18.1. The molecule has 1 fully saturated rings. The standard InChI is InChI=1S/C28H52N2O8Si2/c1-19-17-30(26(34)29(24(19)33)16-14-13-15-21(31)35-8)25-23(38-40(11,12)28(5,6)7)22(32)20(37-25)18-36-39(9,10)27(2,3)4/h17,20,22-23,25,32H,13-16,18H2,1-12H3/t20-,22-,23-,25-/m1/s1. The van der Waals surface area contributed by atoms with E-state index in [0.717, 1.165) is 0 Å². The van der Waals surface area contributed by atoms with Gasteiger partial charge in [0, 0.05) is 24.7 Å². The number of esters is 1. The largest absolute Gasteiger partial charge is 0.469 e. The van der Waals surface area contributed by atoms with E-state index in [9.17, 15) is 19.5 Å². The third-order valence-corrected chi connectivity index (χ3v) is 17.8. The fraction of sp³-hybridized carbons (Fsp3) is 0.821. The Morgan fingerprint density at radius 3 is 2.12 bits per heavy atom. The molecule has 1 aliphatic heterocycles. The van der Waals surface area contributed by atoms with Gasteiger partial charge in [0.15, 0.2) is 22.9 Å². The average Bonchev–Trinajstić information content (AvgIpc) is 3.12. The molecule has 1 saturated heterocycles. The molecule has 0 saturated carbocycles. The predicted molar refractivity (Wildman–Crippen MR) is 161 cm³/mol. The highest BCUT2D eigenvalue weighted by molar-refractivity contribution is 6.74. The van der Waals surface area contributed by atoms with Crippen molar-refractivity contribution in [2.75, 3.05) is 13.7 Å². The van der Waals surface area contributed by atoms with Crippen molar-refractivity contribution in [3.8, 4) is 0 Å². The van der Waals surface area contributed by atoms with Crippen LogP contribution in [-0.2, 0) is 29.7 Å². The number of carbonyl (C=O) groups is 1. The summed E-state index contributed by atoms with van der Waals surface area (Å²) in [4.78, 5) is 38.1. The van der Waals surface area contributed by atoms with Gasteiger partial charge in [-0.15, -0.1) is 0 Å². The number of hydrogen-bond acceptors (Lipinski definition) is 8. The van der Waals surface area contributed by atoms with Crippen LogP contribution in [0.15, 0.2) is 15.8 Å². The zero-order chi connectivity index (χ0) is 30.8. The minimum atomic E-state index is -2.40. The summed E-state index contributed by atoms with van der Waals surface area (Å²) in [7, 11) is -3.21. The van der Waals surface area contributed by atoms with E-state index < -0.39 is 52.4 Å². The van der Waals surface area contributed by atoms with Crippen molar-refractivity contribution in [1.82, 2.24) is 9.13 Å². The minimum Gasteiger partial charge on any atom is -0.469 e. The normalized spacial score (nSPS) is 22.5. The highest BCUT2D eigenvalue weighted by atomic mass is 28.4. The number of aliphatic hydroxyl groups is 1. The Bertz CT molecular complexity index is 1150. The van der Waals surface area contributed by atoms with Gasteiger partial charge >= 0.3 is 11.7 Å². The summed E-state index contributed by atoms with van der Waals surface area (Å²) in [5, 5.41) is 11.4. The molecule has 1 aromatic rings. The Labute approximate surface area is 241 Å². The summed E-state index contributed by atoms with van der Waals surface area (Å²) in [6.07, 6.45) is -0.864. The van der Waals surface area contributed by atoms with Gasteiger partial charge in [-0.2, -0.15) is 0 Å². The molecule has 1 aromatic heterocycles. The summed E-state index contributed by atoms with van der Waals surface area (Å²) >= 11 is 0. The molecule has 0 aromatic carbocycles. The Morgan fingerprint density at radius 1 is 1.02 bits per heavy atom. The van der Waals surface area contributed by atoms with Crippen LogP contribution in [0.1, 0.15) is 72.6 Å². The molecule has 0 radical (unpaired) electrons. The van der Waals surface area contributed by atoms with E-state index in [1.807, 2.05) is 0 Å². The summed E-state index contributed by atoms with van der Waals surface area (Å²) in [5.41, 5.74) is -0.559. The molecule has 0 spiro atoms. The molecule has 40 heavy (non-hydrogen) atoms. The van der Waals surface area contributed by atoms with Gasteiger partial charge in [-0.1, -0.05) is 41.5 Å². The van der Waals surface area contributed by atoms with Crippen molar-refractivity contribution >= 4 is 22.6 Å². The quantitative estimate of drug-likeness (QED) is 0.227. The van der Waals surface area contributed by atoms with Crippen LogP contribution in [0.4, 0.5) is 0 Å². The van der Waals surface area contributed by atoms with Crippen LogP contribution in [0.5, 0.6) is 0 Å². The second kappa shape index (κ2) is 12.7. The van der Waals surface area contributed by atoms with E-state index in [4.69, 9.17) is 13.6 Å². The van der Waals surface area contributed by atoms with E-state index >= 15 is 0 Å². The molecule has 1 N–H and O–H groups in total. The minimum absolute atomic E-state index is 0.0234. The lowest BCUT2D eigenvalue weighted by Crippen LogP contribution is -2.51. The lowest BCUT2D eigenvalue weighted by atomic mass is 10.1. The van der Waals surface area contributed by atoms with Crippen LogP contribution in [0, 0.1) is 6.92 Å². The Kier molecular flexibility index (Phi) is 11.0. The average molecular weight is 601 g/mol. The van der Waals surface area contributed by atoms with Crippen LogP contribution in [0.3, 0.4) is 0 Å². The molecule has 0 aliphatic carbocycles.